The van der Waals surface area contributed by atoms with E-state index in [0.29, 0.717) is 16.2 Å². The molecule has 1 fully saturated rings. The molecule has 0 bridgehead atoms. The van der Waals surface area contributed by atoms with Crippen molar-refractivity contribution in [2.75, 3.05) is 0 Å². The Bertz CT molecular complexity index is 1120. The van der Waals surface area contributed by atoms with Crippen molar-refractivity contribution < 1.29 is 9.59 Å². The molecule has 1 aliphatic heterocycles. The number of carbonyl (C=O) groups is 2. The van der Waals surface area contributed by atoms with Crippen LogP contribution in [0.3, 0.4) is 0 Å². The van der Waals surface area contributed by atoms with Crippen LogP contribution in [0, 0.1) is 6.92 Å². The summed E-state index contributed by atoms with van der Waals surface area (Å²) in [5, 5.41) is 1.55. The van der Waals surface area contributed by atoms with Crippen LogP contribution in [0.2, 0.25) is 0 Å². The third kappa shape index (κ3) is 2.97. The highest BCUT2D eigenvalue weighted by Crippen LogP contribution is 2.33. The van der Waals surface area contributed by atoms with Crippen molar-refractivity contribution in [3.63, 3.8) is 0 Å². The lowest BCUT2D eigenvalue weighted by molar-refractivity contribution is -0.123. The SMILES string of the molecule is Cc1cccc2nc(CN3C(=O)S/C(=C\c4cccs4)C3=O)cc(=O)n12. The lowest BCUT2D eigenvalue weighted by Crippen LogP contribution is -2.29. The molecule has 8 heteroatoms. The van der Waals surface area contributed by atoms with Crippen LogP contribution in [0.5, 0.6) is 0 Å². The Morgan fingerprint density at radius 2 is 2.00 bits per heavy atom. The number of hydrogen-bond acceptors (Lipinski definition) is 6. The van der Waals surface area contributed by atoms with Crippen molar-refractivity contribution in [3.8, 4) is 0 Å². The zero-order valence-corrected chi connectivity index (χ0v) is 15.3. The summed E-state index contributed by atoms with van der Waals surface area (Å²) in [4.78, 5) is 44.0. The van der Waals surface area contributed by atoms with Gasteiger partial charge in [0.1, 0.15) is 5.65 Å². The Hall–Kier alpha value is -2.71. The van der Waals surface area contributed by atoms with E-state index in [1.165, 1.54) is 21.8 Å². The average Bonchev–Trinajstić information content (AvgIpc) is 3.19. The fraction of sp³-hybridized carbons (Fsp3) is 0.111. The molecule has 3 aromatic heterocycles. The number of pyridine rings is 1. The van der Waals surface area contributed by atoms with Gasteiger partial charge in [-0.15, -0.1) is 11.3 Å². The maximum atomic E-state index is 12.6. The Kier molecular flexibility index (Phi) is 4.21. The Morgan fingerprint density at radius 3 is 2.77 bits per heavy atom. The minimum Gasteiger partial charge on any atom is -0.269 e. The second-order valence-electron chi connectivity index (χ2n) is 5.73. The lowest BCUT2D eigenvalue weighted by Gasteiger charge is -2.12. The van der Waals surface area contributed by atoms with Crippen molar-refractivity contribution in [1.29, 1.82) is 0 Å². The topological polar surface area (TPSA) is 71.8 Å². The largest absolute Gasteiger partial charge is 0.293 e. The zero-order chi connectivity index (χ0) is 18.3. The molecule has 130 valence electrons. The van der Waals surface area contributed by atoms with E-state index in [4.69, 9.17) is 0 Å². The molecule has 0 N–H and O–H groups in total. The monoisotopic (exact) mass is 383 g/mol. The third-order valence-corrected chi connectivity index (χ3v) is 5.67. The highest BCUT2D eigenvalue weighted by molar-refractivity contribution is 8.18. The molecular weight excluding hydrogens is 370 g/mol. The molecule has 26 heavy (non-hydrogen) atoms. The van der Waals surface area contributed by atoms with E-state index in [0.717, 1.165) is 27.2 Å². The van der Waals surface area contributed by atoms with Crippen LogP contribution in [0.1, 0.15) is 16.3 Å². The summed E-state index contributed by atoms with van der Waals surface area (Å²) in [7, 11) is 0. The quantitative estimate of drug-likeness (QED) is 0.649. The predicted octanol–water partition coefficient (Wildman–Crippen LogP) is 3.30. The summed E-state index contributed by atoms with van der Waals surface area (Å²) < 4.78 is 1.49. The van der Waals surface area contributed by atoms with Gasteiger partial charge in [-0.2, -0.15) is 0 Å². The van der Waals surface area contributed by atoms with Crippen LogP contribution in [-0.4, -0.2) is 25.4 Å². The van der Waals surface area contributed by atoms with E-state index in [9.17, 15) is 14.4 Å². The first-order valence-corrected chi connectivity index (χ1v) is 9.50. The second kappa shape index (κ2) is 6.54. The molecule has 0 radical (unpaired) electrons. The van der Waals surface area contributed by atoms with Crippen LogP contribution in [0.15, 0.2) is 51.5 Å². The van der Waals surface area contributed by atoms with E-state index in [1.807, 2.05) is 36.6 Å². The van der Waals surface area contributed by atoms with Gasteiger partial charge in [-0.25, -0.2) is 4.98 Å². The minimum atomic E-state index is -0.361. The van der Waals surface area contributed by atoms with E-state index in [2.05, 4.69) is 4.98 Å². The number of imide groups is 1. The fourth-order valence-electron chi connectivity index (χ4n) is 2.75. The summed E-state index contributed by atoms with van der Waals surface area (Å²) in [5.74, 6) is -0.361. The van der Waals surface area contributed by atoms with Gasteiger partial charge in [0.2, 0.25) is 0 Å². The molecule has 0 spiro atoms. The van der Waals surface area contributed by atoms with Crippen molar-refractivity contribution in [2.24, 2.45) is 0 Å². The molecule has 4 rings (SSSR count). The maximum Gasteiger partial charge on any atom is 0.293 e. The number of amides is 2. The Balaban J connectivity index is 1.65. The molecule has 4 heterocycles. The molecule has 1 saturated heterocycles. The van der Waals surface area contributed by atoms with Crippen LogP contribution in [0.4, 0.5) is 4.79 Å². The summed E-state index contributed by atoms with van der Waals surface area (Å²) in [6, 6.07) is 10.5. The molecule has 0 atom stereocenters. The number of aromatic nitrogens is 2. The number of hydrogen-bond donors (Lipinski definition) is 0. The molecule has 0 aliphatic carbocycles. The number of thioether (sulfide) groups is 1. The van der Waals surface area contributed by atoms with Crippen LogP contribution < -0.4 is 5.56 Å². The highest BCUT2D eigenvalue weighted by Gasteiger charge is 2.35. The Morgan fingerprint density at radius 1 is 1.15 bits per heavy atom. The molecule has 2 amide bonds. The summed E-state index contributed by atoms with van der Waals surface area (Å²) in [5.41, 5.74) is 1.43. The average molecular weight is 383 g/mol. The normalized spacial score (nSPS) is 16.2. The van der Waals surface area contributed by atoms with Gasteiger partial charge in [0.25, 0.3) is 16.7 Å². The third-order valence-electron chi connectivity index (χ3n) is 3.94. The van der Waals surface area contributed by atoms with Gasteiger partial charge in [-0.05, 0) is 48.3 Å². The second-order valence-corrected chi connectivity index (χ2v) is 7.70. The molecule has 0 aromatic carbocycles. The summed E-state index contributed by atoms with van der Waals surface area (Å²) in [6.07, 6.45) is 1.71. The molecular formula is C18H13N3O3S2. The molecule has 3 aromatic rings. The first kappa shape index (κ1) is 16.7. The number of aryl methyl sites for hydroxylation is 1. The van der Waals surface area contributed by atoms with Crippen LogP contribution in [-0.2, 0) is 11.3 Å². The van der Waals surface area contributed by atoms with Gasteiger partial charge in [0, 0.05) is 16.6 Å². The smallest absolute Gasteiger partial charge is 0.269 e. The number of nitrogens with zero attached hydrogens (tertiary/aromatic N) is 3. The van der Waals surface area contributed by atoms with Gasteiger partial charge in [0.15, 0.2) is 0 Å². The van der Waals surface area contributed by atoms with Gasteiger partial charge < -0.3 is 0 Å². The van der Waals surface area contributed by atoms with E-state index in [1.54, 1.807) is 12.1 Å². The molecule has 0 saturated carbocycles. The van der Waals surface area contributed by atoms with Gasteiger partial charge in [-0.1, -0.05) is 12.1 Å². The van der Waals surface area contributed by atoms with Crippen molar-refractivity contribution >= 4 is 46.0 Å². The predicted molar refractivity (Wildman–Crippen MR) is 102 cm³/mol. The first-order valence-electron chi connectivity index (χ1n) is 7.80. The van der Waals surface area contributed by atoms with E-state index >= 15 is 0 Å². The number of rotatable bonds is 3. The minimum absolute atomic E-state index is 0.0217. The van der Waals surface area contributed by atoms with Crippen molar-refractivity contribution in [2.45, 2.75) is 13.5 Å². The van der Waals surface area contributed by atoms with Gasteiger partial charge in [-0.3, -0.25) is 23.7 Å². The molecule has 6 nitrogen and oxygen atoms in total. The standard InChI is InChI=1S/C18H13N3O3S2/c1-11-4-2-6-15-19-12(8-16(22)21(11)15)10-20-17(23)14(26-18(20)24)9-13-5-3-7-25-13/h2-9H,10H2,1H3/b14-9-. The van der Waals surface area contributed by atoms with E-state index in [-0.39, 0.29) is 23.3 Å². The highest BCUT2D eigenvalue weighted by atomic mass is 32.2. The fourth-order valence-corrected chi connectivity index (χ4v) is 4.31. The van der Waals surface area contributed by atoms with Crippen molar-refractivity contribution in [1.82, 2.24) is 14.3 Å². The molecule has 0 unspecified atom stereocenters. The van der Waals surface area contributed by atoms with Gasteiger partial charge >= 0.3 is 0 Å². The first-order chi connectivity index (χ1) is 12.5. The maximum absolute atomic E-state index is 12.6. The number of carbonyl (C=O) groups excluding carboxylic acids is 2. The van der Waals surface area contributed by atoms with Crippen molar-refractivity contribution in [3.05, 3.63) is 73.3 Å². The van der Waals surface area contributed by atoms with E-state index < -0.39 is 0 Å². The number of fused-ring (bicyclic) bond motifs is 1. The van der Waals surface area contributed by atoms with Crippen LogP contribution >= 0.6 is 23.1 Å². The summed E-state index contributed by atoms with van der Waals surface area (Å²) in [6.45, 7) is 1.80. The zero-order valence-electron chi connectivity index (χ0n) is 13.7. The number of thiophene rings is 1. The lowest BCUT2D eigenvalue weighted by atomic mass is 10.3. The summed E-state index contributed by atoms with van der Waals surface area (Å²) >= 11 is 2.40. The Labute approximate surface area is 156 Å². The molecule has 1 aliphatic rings. The van der Waals surface area contributed by atoms with Gasteiger partial charge in [0.05, 0.1) is 17.1 Å². The van der Waals surface area contributed by atoms with Crippen LogP contribution in [0.25, 0.3) is 11.7 Å².